The molecule has 4 rings (SSSR count). The lowest BCUT2D eigenvalue weighted by atomic mass is 9.98. The van der Waals surface area contributed by atoms with Crippen LogP contribution in [0.15, 0.2) is 48.5 Å². The second kappa shape index (κ2) is 7.95. The van der Waals surface area contributed by atoms with Gasteiger partial charge < -0.3 is 20.5 Å². The van der Waals surface area contributed by atoms with Gasteiger partial charge in [-0.1, -0.05) is 48.5 Å². The lowest BCUT2D eigenvalue weighted by molar-refractivity contribution is -0.140. The third kappa shape index (κ3) is 3.81. The van der Waals surface area contributed by atoms with Crippen molar-refractivity contribution in [3.63, 3.8) is 0 Å². The minimum absolute atomic E-state index is 0.0470. The SMILES string of the molecule is O=C(NC(CC1CCNC1=O)C(=O)O)OCC1c2ccccc2-c2ccccc21. The van der Waals surface area contributed by atoms with Gasteiger partial charge in [-0.25, -0.2) is 9.59 Å². The molecule has 1 aliphatic heterocycles. The molecule has 3 N–H and O–H groups in total. The molecule has 7 heteroatoms. The van der Waals surface area contributed by atoms with E-state index in [1.54, 1.807) is 0 Å². The van der Waals surface area contributed by atoms with Crippen molar-refractivity contribution in [1.29, 1.82) is 0 Å². The number of benzene rings is 2. The van der Waals surface area contributed by atoms with Crippen LogP contribution in [0.5, 0.6) is 0 Å². The topological polar surface area (TPSA) is 105 Å². The average Bonchev–Trinajstić information content (AvgIpc) is 3.27. The van der Waals surface area contributed by atoms with Crippen LogP contribution in [0.4, 0.5) is 4.79 Å². The number of hydrogen-bond acceptors (Lipinski definition) is 4. The average molecular weight is 394 g/mol. The monoisotopic (exact) mass is 394 g/mol. The normalized spacial score (nSPS) is 18.5. The van der Waals surface area contributed by atoms with E-state index in [0.717, 1.165) is 22.3 Å². The fraction of sp³-hybridized carbons (Fsp3) is 0.318. The van der Waals surface area contributed by atoms with Gasteiger partial charge in [0.1, 0.15) is 12.6 Å². The van der Waals surface area contributed by atoms with Gasteiger partial charge in [0.15, 0.2) is 0 Å². The van der Waals surface area contributed by atoms with E-state index in [9.17, 15) is 19.5 Å². The summed E-state index contributed by atoms with van der Waals surface area (Å²) in [5, 5.41) is 14.5. The van der Waals surface area contributed by atoms with Crippen LogP contribution in [0.1, 0.15) is 29.9 Å². The molecular formula is C22H22N2O5. The standard InChI is InChI=1S/C22H22N2O5/c25-20-13(9-10-23-20)11-19(21(26)27)24-22(28)29-12-18-16-7-3-1-5-14(16)15-6-2-4-8-17(15)18/h1-8,13,18-19H,9-12H2,(H,23,25)(H,24,28)(H,26,27). The highest BCUT2D eigenvalue weighted by atomic mass is 16.5. The van der Waals surface area contributed by atoms with Crippen molar-refractivity contribution in [2.75, 3.05) is 13.2 Å². The molecule has 2 aromatic rings. The minimum atomic E-state index is -1.18. The van der Waals surface area contributed by atoms with Gasteiger partial charge in [0.2, 0.25) is 5.91 Å². The summed E-state index contributed by atoms with van der Waals surface area (Å²) in [6.45, 7) is 0.636. The number of ether oxygens (including phenoxy) is 1. The molecule has 7 nitrogen and oxygen atoms in total. The van der Waals surface area contributed by atoms with Crippen molar-refractivity contribution in [2.45, 2.75) is 24.8 Å². The molecule has 2 amide bonds. The Hall–Kier alpha value is -3.35. The Bertz CT molecular complexity index is 912. The van der Waals surface area contributed by atoms with Gasteiger partial charge >= 0.3 is 12.1 Å². The molecule has 1 fully saturated rings. The highest BCUT2D eigenvalue weighted by Gasteiger charge is 2.32. The Morgan fingerprint density at radius 1 is 1.10 bits per heavy atom. The second-order valence-corrected chi connectivity index (χ2v) is 7.37. The molecule has 0 radical (unpaired) electrons. The number of alkyl carbamates (subject to hydrolysis) is 1. The van der Waals surface area contributed by atoms with Crippen LogP contribution in [0, 0.1) is 5.92 Å². The second-order valence-electron chi connectivity index (χ2n) is 7.37. The number of rotatable bonds is 6. The van der Waals surface area contributed by atoms with Crippen LogP contribution in [0.2, 0.25) is 0 Å². The summed E-state index contributed by atoms with van der Waals surface area (Å²) in [6.07, 6.45) is -0.182. The van der Waals surface area contributed by atoms with E-state index >= 15 is 0 Å². The molecule has 0 saturated carbocycles. The summed E-state index contributed by atoms with van der Waals surface area (Å²) in [7, 11) is 0. The Morgan fingerprint density at radius 2 is 1.72 bits per heavy atom. The molecule has 0 bridgehead atoms. The number of nitrogens with one attached hydrogen (secondary N) is 2. The number of hydrogen-bond donors (Lipinski definition) is 3. The largest absolute Gasteiger partial charge is 0.480 e. The summed E-state index contributed by atoms with van der Waals surface area (Å²) in [4.78, 5) is 35.5. The van der Waals surface area contributed by atoms with Crippen LogP contribution in [0.25, 0.3) is 11.1 Å². The van der Waals surface area contributed by atoms with Crippen LogP contribution >= 0.6 is 0 Å². The maximum Gasteiger partial charge on any atom is 0.407 e. The number of carbonyl (C=O) groups excluding carboxylic acids is 2. The number of amides is 2. The van der Waals surface area contributed by atoms with E-state index in [2.05, 4.69) is 10.6 Å². The van der Waals surface area contributed by atoms with Crippen molar-refractivity contribution < 1.29 is 24.2 Å². The number of aliphatic carboxylic acids is 1. The van der Waals surface area contributed by atoms with E-state index in [1.165, 1.54) is 0 Å². The van der Waals surface area contributed by atoms with Crippen molar-refractivity contribution in [3.05, 3.63) is 59.7 Å². The number of carboxylic acids is 1. The van der Waals surface area contributed by atoms with E-state index in [-0.39, 0.29) is 24.9 Å². The molecule has 29 heavy (non-hydrogen) atoms. The Labute approximate surface area is 168 Å². The van der Waals surface area contributed by atoms with Gasteiger partial charge in [0.05, 0.1) is 0 Å². The fourth-order valence-corrected chi connectivity index (χ4v) is 4.16. The van der Waals surface area contributed by atoms with Gasteiger partial charge in [-0.05, 0) is 35.1 Å². The lowest BCUT2D eigenvalue weighted by Crippen LogP contribution is -2.43. The first-order chi connectivity index (χ1) is 14.0. The van der Waals surface area contributed by atoms with Crippen LogP contribution < -0.4 is 10.6 Å². The van der Waals surface area contributed by atoms with Gasteiger partial charge in [0, 0.05) is 18.4 Å². The molecule has 150 valence electrons. The van der Waals surface area contributed by atoms with Crippen molar-refractivity contribution in [3.8, 4) is 11.1 Å². The third-order valence-corrected chi connectivity index (χ3v) is 5.62. The maximum absolute atomic E-state index is 12.3. The molecule has 2 aromatic carbocycles. The summed E-state index contributed by atoms with van der Waals surface area (Å²) in [5.74, 6) is -1.87. The Kier molecular flexibility index (Phi) is 5.20. The first-order valence-electron chi connectivity index (χ1n) is 9.66. The Morgan fingerprint density at radius 3 is 2.28 bits per heavy atom. The zero-order valence-electron chi connectivity index (χ0n) is 15.8. The summed E-state index contributed by atoms with van der Waals surface area (Å²) >= 11 is 0. The number of carbonyl (C=O) groups is 3. The van der Waals surface area contributed by atoms with Crippen LogP contribution in [0.3, 0.4) is 0 Å². The Balaban J connectivity index is 1.41. The van der Waals surface area contributed by atoms with Crippen molar-refractivity contribution in [1.82, 2.24) is 10.6 Å². The molecule has 2 unspecified atom stereocenters. The smallest absolute Gasteiger partial charge is 0.407 e. The predicted molar refractivity (Wildman–Crippen MR) is 105 cm³/mol. The van der Waals surface area contributed by atoms with E-state index in [0.29, 0.717) is 13.0 Å². The summed E-state index contributed by atoms with van der Waals surface area (Å²) in [6, 6.07) is 14.8. The van der Waals surface area contributed by atoms with Crippen LogP contribution in [-0.4, -0.2) is 42.3 Å². The molecule has 0 aromatic heterocycles. The van der Waals surface area contributed by atoms with E-state index in [1.807, 2.05) is 48.5 Å². The lowest BCUT2D eigenvalue weighted by Gasteiger charge is -2.18. The summed E-state index contributed by atoms with van der Waals surface area (Å²) in [5.41, 5.74) is 4.40. The third-order valence-electron chi connectivity index (χ3n) is 5.62. The first-order valence-corrected chi connectivity index (χ1v) is 9.66. The quantitative estimate of drug-likeness (QED) is 0.698. The molecule has 0 spiro atoms. The highest BCUT2D eigenvalue weighted by Crippen LogP contribution is 2.44. The highest BCUT2D eigenvalue weighted by molar-refractivity contribution is 5.84. The minimum Gasteiger partial charge on any atom is -0.480 e. The van der Waals surface area contributed by atoms with Crippen molar-refractivity contribution >= 4 is 18.0 Å². The molecule has 2 atom stereocenters. The maximum atomic E-state index is 12.3. The number of carboxylic acid groups (broad SMARTS) is 1. The van der Waals surface area contributed by atoms with Crippen molar-refractivity contribution in [2.24, 2.45) is 5.92 Å². The predicted octanol–water partition coefficient (Wildman–Crippen LogP) is 2.50. The zero-order chi connectivity index (χ0) is 20.4. The van der Waals surface area contributed by atoms with Gasteiger partial charge in [-0.3, -0.25) is 4.79 Å². The zero-order valence-corrected chi connectivity index (χ0v) is 15.8. The first kappa shape index (κ1) is 19.0. The van der Waals surface area contributed by atoms with E-state index in [4.69, 9.17) is 4.74 Å². The molecule has 1 heterocycles. The number of fused-ring (bicyclic) bond motifs is 3. The van der Waals surface area contributed by atoms with Gasteiger partial charge in [-0.15, -0.1) is 0 Å². The molecule has 1 aliphatic carbocycles. The fourth-order valence-electron chi connectivity index (χ4n) is 4.16. The molecule has 2 aliphatic rings. The van der Waals surface area contributed by atoms with Gasteiger partial charge in [-0.2, -0.15) is 0 Å². The summed E-state index contributed by atoms with van der Waals surface area (Å²) < 4.78 is 5.40. The van der Waals surface area contributed by atoms with Gasteiger partial charge in [0.25, 0.3) is 0 Å². The molecular weight excluding hydrogens is 372 g/mol. The molecule has 1 saturated heterocycles. The van der Waals surface area contributed by atoms with Crippen LogP contribution in [-0.2, 0) is 14.3 Å². The van der Waals surface area contributed by atoms with E-state index < -0.39 is 24.0 Å².